The van der Waals surface area contributed by atoms with Gasteiger partial charge in [0.25, 0.3) is 0 Å². The summed E-state index contributed by atoms with van der Waals surface area (Å²) < 4.78 is 0. The molecule has 0 aromatic carbocycles. The van der Waals surface area contributed by atoms with Crippen LogP contribution >= 0.6 is 0 Å². The summed E-state index contributed by atoms with van der Waals surface area (Å²) in [5.74, 6) is 0. The van der Waals surface area contributed by atoms with Crippen LogP contribution in [0.3, 0.4) is 0 Å². The lowest BCUT2D eigenvalue weighted by Gasteiger charge is -2.25. The third-order valence-corrected chi connectivity index (χ3v) is 2.45. The van der Waals surface area contributed by atoms with Crippen LogP contribution in [0.15, 0.2) is 23.8 Å². The van der Waals surface area contributed by atoms with E-state index in [0.717, 1.165) is 0 Å². The predicted octanol–water partition coefficient (Wildman–Crippen LogP) is 3.31. The molecule has 0 aromatic heterocycles. The Kier molecular flexibility index (Phi) is 1.98. The molecule has 0 saturated carbocycles. The van der Waals surface area contributed by atoms with Gasteiger partial charge in [0.05, 0.1) is 0 Å². The molecular weight excluding hydrogens is 120 g/mol. The maximum Gasteiger partial charge on any atom is -0.0111 e. The first-order valence-electron chi connectivity index (χ1n) is 4.02. The van der Waals surface area contributed by atoms with E-state index in [1.54, 1.807) is 0 Å². The highest BCUT2D eigenvalue weighted by molar-refractivity contribution is 5.23. The van der Waals surface area contributed by atoms with Crippen LogP contribution in [0.2, 0.25) is 0 Å². The smallest absolute Gasteiger partial charge is 0.0111 e. The molecule has 1 atom stereocenters. The molecule has 0 N–H and O–H groups in total. The van der Waals surface area contributed by atoms with Crippen LogP contribution in [-0.4, -0.2) is 0 Å². The van der Waals surface area contributed by atoms with Gasteiger partial charge in [0.2, 0.25) is 0 Å². The molecule has 1 aliphatic carbocycles. The molecule has 0 saturated heterocycles. The Morgan fingerprint density at radius 1 is 1.60 bits per heavy atom. The van der Waals surface area contributed by atoms with Crippen LogP contribution in [0, 0.1) is 5.41 Å². The summed E-state index contributed by atoms with van der Waals surface area (Å²) in [7, 11) is 0. The standard InChI is InChI=1S/C10H16/c1-4-10(3)7-5-9(2)6-8-10/h5-7H,4,8H2,1-3H3/t10-/m0/s1. The fraction of sp³-hybridized carbons (Fsp3) is 0.600. The first-order chi connectivity index (χ1) is 4.66. The molecule has 0 aliphatic heterocycles. The molecule has 56 valence electrons. The monoisotopic (exact) mass is 136 g/mol. The summed E-state index contributed by atoms with van der Waals surface area (Å²) in [5.41, 5.74) is 1.85. The zero-order chi connectivity index (χ0) is 7.61. The Bertz CT molecular complexity index is 174. The highest BCUT2D eigenvalue weighted by Crippen LogP contribution is 2.31. The average Bonchev–Trinajstić information content (AvgIpc) is 1.96. The summed E-state index contributed by atoms with van der Waals surface area (Å²) in [5, 5.41) is 0. The van der Waals surface area contributed by atoms with Crippen molar-refractivity contribution in [3.05, 3.63) is 23.8 Å². The molecule has 1 aliphatic rings. The van der Waals surface area contributed by atoms with E-state index < -0.39 is 0 Å². The molecule has 0 aromatic rings. The molecule has 0 spiro atoms. The third kappa shape index (κ3) is 1.50. The normalized spacial score (nSPS) is 32.1. The van der Waals surface area contributed by atoms with Crippen LogP contribution in [0.4, 0.5) is 0 Å². The second kappa shape index (κ2) is 2.61. The van der Waals surface area contributed by atoms with Gasteiger partial charge in [-0.1, -0.05) is 37.6 Å². The number of hydrogen-bond acceptors (Lipinski definition) is 0. The van der Waals surface area contributed by atoms with Gasteiger partial charge in [-0.2, -0.15) is 0 Å². The fourth-order valence-corrected chi connectivity index (χ4v) is 1.13. The van der Waals surface area contributed by atoms with Crippen molar-refractivity contribution in [3.63, 3.8) is 0 Å². The Morgan fingerprint density at radius 3 is 2.70 bits per heavy atom. The van der Waals surface area contributed by atoms with Crippen molar-refractivity contribution in [2.24, 2.45) is 5.41 Å². The minimum absolute atomic E-state index is 0.444. The quantitative estimate of drug-likeness (QED) is 0.518. The second-order valence-corrected chi connectivity index (χ2v) is 3.49. The molecule has 0 unspecified atom stereocenters. The van der Waals surface area contributed by atoms with Crippen molar-refractivity contribution in [3.8, 4) is 0 Å². The molecule has 1 rings (SSSR count). The molecule has 0 heterocycles. The van der Waals surface area contributed by atoms with Crippen molar-refractivity contribution < 1.29 is 0 Å². The van der Waals surface area contributed by atoms with E-state index in [9.17, 15) is 0 Å². The first kappa shape index (κ1) is 7.59. The highest BCUT2D eigenvalue weighted by Gasteiger charge is 2.18. The van der Waals surface area contributed by atoms with Crippen molar-refractivity contribution in [1.82, 2.24) is 0 Å². The Hall–Kier alpha value is -0.520. The van der Waals surface area contributed by atoms with Gasteiger partial charge in [-0.15, -0.1) is 0 Å². The van der Waals surface area contributed by atoms with Crippen LogP contribution < -0.4 is 0 Å². The van der Waals surface area contributed by atoms with Gasteiger partial charge in [0, 0.05) is 0 Å². The zero-order valence-corrected chi connectivity index (χ0v) is 7.15. The van der Waals surface area contributed by atoms with Crippen LogP contribution in [0.25, 0.3) is 0 Å². The highest BCUT2D eigenvalue weighted by atomic mass is 14.2. The van der Waals surface area contributed by atoms with Crippen LogP contribution in [0.1, 0.15) is 33.6 Å². The molecular formula is C10H16. The van der Waals surface area contributed by atoms with Gasteiger partial charge >= 0.3 is 0 Å². The molecule has 0 amide bonds. The number of rotatable bonds is 1. The van der Waals surface area contributed by atoms with Crippen molar-refractivity contribution in [2.75, 3.05) is 0 Å². The van der Waals surface area contributed by atoms with E-state index in [1.165, 1.54) is 18.4 Å². The average molecular weight is 136 g/mol. The summed E-state index contributed by atoms with van der Waals surface area (Å²) in [6, 6.07) is 0. The van der Waals surface area contributed by atoms with Gasteiger partial charge < -0.3 is 0 Å². The molecule has 0 nitrogen and oxygen atoms in total. The second-order valence-electron chi connectivity index (χ2n) is 3.49. The number of allylic oxidation sites excluding steroid dienone is 4. The van der Waals surface area contributed by atoms with Gasteiger partial charge in [-0.05, 0) is 25.2 Å². The maximum absolute atomic E-state index is 2.34. The third-order valence-electron chi connectivity index (χ3n) is 2.45. The van der Waals surface area contributed by atoms with E-state index in [1.807, 2.05) is 0 Å². The van der Waals surface area contributed by atoms with Gasteiger partial charge in [0.1, 0.15) is 0 Å². The SMILES string of the molecule is CC[C@@]1(C)C=CC(C)=CC1. The summed E-state index contributed by atoms with van der Waals surface area (Å²) in [6.07, 6.45) is 9.35. The summed E-state index contributed by atoms with van der Waals surface area (Å²) >= 11 is 0. The minimum atomic E-state index is 0.444. The summed E-state index contributed by atoms with van der Waals surface area (Å²) in [4.78, 5) is 0. The van der Waals surface area contributed by atoms with Gasteiger partial charge in [-0.3, -0.25) is 0 Å². The molecule has 0 bridgehead atoms. The van der Waals surface area contributed by atoms with E-state index >= 15 is 0 Å². The van der Waals surface area contributed by atoms with E-state index in [-0.39, 0.29) is 0 Å². The lowest BCUT2D eigenvalue weighted by atomic mass is 9.80. The largest absolute Gasteiger partial charge is 0.0808 e. The van der Waals surface area contributed by atoms with Crippen molar-refractivity contribution >= 4 is 0 Å². The Morgan fingerprint density at radius 2 is 2.30 bits per heavy atom. The predicted molar refractivity (Wildman–Crippen MR) is 45.9 cm³/mol. The van der Waals surface area contributed by atoms with Gasteiger partial charge in [-0.25, -0.2) is 0 Å². The topological polar surface area (TPSA) is 0 Å². The van der Waals surface area contributed by atoms with E-state index in [2.05, 4.69) is 39.0 Å². The zero-order valence-electron chi connectivity index (χ0n) is 7.15. The van der Waals surface area contributed by atoms with Crippen molar-refractivity contribution in [2.45, 2.75) is 33.6 Å². The Labute approximate surface area is 63.6 Å². The molecule has 0 fully saturated rings. The summed E-state index contributed by atoms with van der Waals surface area (Å²) in [6.45, 7) is 6.72. The molecule has 0 heteroatoms. The number of hydrogen-bond donors (Lipinski definition) is 0. The minimum Gasteiger partial charge on any atom is -0.0808 e. The maximum atomic E-state index is 2.34. The first-order valence-corrected chi connectivity index (χ1v) is 4.02. The Balaban J connectivity index is 2.67. The van der Waals surface area contributed by atoms with E-state index in [4.69, 9.17) is 0 Å². The van der Waals surface area contributed by atoms with Crippen molar-refractivity contribution in [1.29, 1.82) is 0 Å². The van der Waals surface area contributed by atoms with Gasteiger partial charge in [0.15, 0.2) is 0 Å². The fourth-order valence-electron chi connectivity index (χ4n) is 1.13. The lowest BCUT2D eigenvalue weighted by Crippen LogP contribution is -2.12. The van der Waals surface area contributed by atoms with E-state index in [0.29, 0.717) is 5.41 Å². The molecule has 10 heavy (non-hydrogen) atoms. The molecule has 0 radical (unpaired) electrons. The lowest BCUT2D eigenvalue weighted by molar-refractivity contribution is 0.412. The van der Waals surface area contributed by atoms with Crippen LogP contribution in [-0.2, 0) is 0 Å². The van der Waals surface area contributed by atoms with Crippen LogP contribution in [0.5, 0.6) is 0 Å².